The zero-order chi connectivity index (χ0) is 19.1. The minimum absolute atomic E-state index is 1.13. The Morgan fingerprint density at radius 2 is 1.69 bits per heavy atom. The second-order valence-corrected chi connectivity index (χ2v) is 8.79. The smallest absolute Gasteiger partial charge is 0.0578 e. The first-order valence-electron chi connectivity index (χ1n) is 10.9. The lowest BCUT2D eigenvalue weighted by Gasteiger charge is -2.20. The van der Waals surface area contributed by atoms with Crippen molar-refractivity contribution in [2.24, 2.45) is 7.05 Å². The van der Waals surface area contributed by atoms with E-state index in [-0.39, 0.29) is 0 Å². The van der Waals surface area contributed by atoms with Crippen molar-refractivity contribution in [3.63, 3.8) is 0 Å². The molecule has 140 valence electrons. The molecule has 0 atom stereocenters. The third kappa shape index (κ3) is 1.91. The lowest BCUT2D eigenvalue weighted by molar-refractivity contribution is 0.935. The monoisotopic (exact) mass is 373 g/mol. The van der Waals surface area contributed by atoms with Crippen molar-refractivity contribution >= 4 is 44.2 Å². The first-order chi connectivity index (χ1) is 14.3. The molecule has 4 aromatic rings. The van der Waals surface area contributed by atoms with E-state index < -0.39 is 0 Å². The number of nitrogens with zero attached hydrogens (tertiary/aromatic N) is 1. The van der Waals surface area contributed by atoms with Crippen molar-refractivity contribution in [1.29, 1.82) is 0 Å². The molecule has 0 aliphatic heterocycles. The van der Waals surface area contributed by atoms with E-state index in [9.17, 15) is 0 Å². The molecule has 0 saturated carbocycles. The van der Waals surface area contributed by atoms with Gasteiger partial charge in [-0.15, -0.1) is 0 Å². The molecule has 3 aromatic carbocycles. The molecule has 0 spiro atoms. The van der Waals surface area contributed by atoms with E-state index in [1.54, 1.807) is 5.57 Å². The summed E-state index contributed by atoms with van der Waals surface area (Å²) in [5.41, 5.74) is 11.9. The topological polar surface area (TPSA) is 4.93 Å². The highest BCUT2D eigenvalue weighted by Crippen LogP contribution is 2.48. The highest BCUT2D eigenvalue weighted by Gasteiger charge is 2.28. The number of aromatic nitrogens is 1. The van der Waals surface area contributed by atoms with Gasteiger partial charge in [0.05, 0.1) is 5.52 Å². The van der Waals surface area contributed by atoms with Gasteiger partial charge in [0.15, 0.2) is 0 Å². The van der Waals surface area contributed by atoms with E-state index in [0.29, 0.717) is 0 Å². The molecule has 0 N–H and O–H groups in total. The van der Waals surface area contributed by atoms with Gasteiger partial charge in [-0.2, -0.15) is 0 Å². The number of para-hydroxylation sites is 1. The summed E-state index contributed by atoms with van der Waals surface area (Å²) in [6, 6.07) is 13.8. The molecule has 0 saturated heterocycles. The predicted octanol–water partition coefficient (Wildman–Crippen LogP) is 7.10. The fraction of sp³-hybridized carbons (Fsp3) is 0.214. The first kappa shape index (κ1) is 15.8. The minimum Gasteiger partial charge on any atom is -0.343 e. The van der Waals surface area contributed by atoms with Crippen LogP contribution in [0.2, 0.25) is 0 Å². The van der Waals surface area contributed by atoms with Crippen LogP contribution in [-0.2, 0) is 19.9 Å². The van der Waals surface area contributed by atoms with Crippen LogP contribution < -0.4 is 0 Å². The summed E-state index contributed by atoms with van der Waals surface area (Å²) in [5, 5.41) is 5.79. The zero-order valence-electron chi connectivity index (χ0n) is 16.8. The number of allylic oxidation sites excluding steroid dienone is 5. The van der Waals surface area contributed by atoms with Gasteiger partial charge in [0.1, 0.15) is 0 Å². The Kier molecular flexibility index (Phi) is 3.00. The summed E-state index contributed by atoms with van der Waals surface area (Å²) in [6.07, 6.45) is 15.3. The van der Waals surface area contributed by atoms with Crippen LogP contribution in [0.25, 0.3) is 44.2 Å². The molecule has 1 nitrogen and oxygen atoms in total. The summed E-state index contributed by atoms with van der Waals surface area (Å²) < 4.78 is 2.46. The molecule has 0 amide bonds. The molecular formula is C28H23N. The number of benzene rings is 3. The van der Waals surface area contributed by atoms with E-state index in [0.717, 1.165) is 19.3 Å². The summed E-state index contributed by atoms with van der Waals surface area (Å²) in [6.45, 7) is 0. The van der Waals surface area contributed by atoms with Gasteiger partial charge in [-0.3, -0.25) is 0 Å². The molecule has 3 aliphatic carbocycles. The summed E-state index contributed by atoms with van der Waals surface area (Å²) in [7, 11) is 2.26. The maximum absolute atomic E-state index is 2.46. The van der Waals surface area contributed by atoms with Gasteiger partial charge in [0, 0.05) is 28.7 Å². The van der Waals surface area contributed by atoms with Crippen molar-refractivity contribution in [3.05, 3.63) is 82.5 Å². The van der Waals surface area contributed by atoms with E-state index in [1.165, 1.54) is 73.2 Å². The molecule has 1 heteroatoms. The molecule has 0 radical (unpaired) electrons. The number of hydrogen-bond donors (Lipinski definition) is 0. The molecule has 7 rings (SSSR count). The highest BCUT2D eigenvalue weighted by molar-refractivity contribution is 6.24. The molecule has 1 aromatic heterocycles. The van der Waals surface area contributed by atoms with Gasteiger partial charge in [0.2, 0.25) is 0 Å². The fourth-order valence-electron chi connectivity index (χ4n) is 6.12. The van der Waals surface area contributed by atoms with Crippen molar-refractivity contribution in [2.45, 2.75) is 32.1 Å². The maximum atomic E-state index is 2.46. The predicted molar refractivity (Wildman–Crippen MR) is 124 cm³/mol. The summed E-state index contributed by atoms with van der Waals surface area (Å²) >= 11 is 0. The average Bonchev–Trinajstić information content (AvgIpc) is 3.30. The quantitative estimate of drug-likeness (QED) is 0.310. The average molecular weight is 373 g/mol. The van der Waals surface area contributed by atoms with Crippen molar-refractivity contribution < 1.29 is 0 Å². The van der Waals surface area contributed by atoms with Gasteiger partial charge in [-0.25, -0.2) is 0 Å². The molecular weight excluding hydrogens is 350 g/mol. The Labute approximate surface area is 170 Å². The zero-order valence-corrected chi connectivity index (χ0v) is 16.8. The molecule has 29 heavy (non-hydrogen) atoms. The van der Waals surface area contributed by atoms with Gasteiger partial charge >= 0.3 is 0 Å². The number of aryl methyl sites for hydroxylation is 2. The van der Waals surface area contributed by atoms with E-state index >= 15 is 0 Å². The van der Waals surface area contributed by atoms with E-state index in [4.69, 9.17) is 0 Å². The Balaban J connectivity index is 1.79. The molecule has 0 fully saturated rings. The van der Waals surface area contributed by atoms with Crippen LogP contribution >= 0.6 is 0 Å². The van der Waals surface area contributed by atoms with Crippen LogP contribution in [0.3, 0.4) is 0 Å². The van der Waals surface area contributed by atoms with Gasteiger partial charge in [-0.05, 0) is 71.4 Å². The number of rotatable bonds is 0. The lowest BCUT2D eigenvalue weighted by atomic mass is 9.85. The van der Waals surface area contributed by atoms with Gasteiger partial charge < -0.3 is 4.57 Å². The number of fused-ring (bicyclic) bond motifs is 11. The fourth-order valence-corrected chi connectivity index (χ4v) is 6.12. The minimum atomic E-state index is 1.13. The molecule has 0 unspecified atom stereocenters. The number of hydrogen-bond acceptors (Lipinski definition) is 0. The van der Waals surface area contributed by atoms with E-state index in [1.807, 2.05) is 0 Å². The van der Waals surface area contributed by atoms with E-state index in [2.05, 4.69) is 72.3 Å². The Morgan fingerprint density at radius 1 is 0.828 bits per heavy atom. The third-order valence-electron chi connectivity index (χ3n) is 7.35. The Bertz CT molecular complexity index is 1470. The Hall–Kier alpha value is -3.06. The highest BCUT2D eigenvalue weighted by atomic mass is 14.9. The molecule has 3 aliphatic rings. The second-order valence-electron chi connectivity index (χ2n) is 8.79. The molecule has 0 bridgehead atoms. The standard InChI is InChI=1S/C28H23N/c1-29-24-13-7-6-12-23(24)26-21-11-5-4-10-20(21)22-15-14-18-16-17-8-2-3-9-19(17)25(18)27(22)28(26)29/h3-4,6-7,9-10,12-15H,2,5,8,11,16H2,1H3. The molecule has 1 heterocycles. The normalized spacial score (nSPS) is 17.4. The SMILES string of the molecule is Cn1c2ccccc2c2c3c(c4ccc5c(c4c21)C1=C(CCC=C1)C5)C=CCC3. The van der Waals surface area contributed by atoms with Gasteiger partial charge in [-0.1, -0.05) is 60.2 Å². The first-order valence-corrected chi connectivity index (χ1v) is 10.9. The summed E-state index contributed by atoms with van der Waals surface area (Å²) in [5.74, 6) is 0. The van der Waals surface area contributed by atoms with Gasteiger partial charge in [0.25, 0.3) is 0 Å². The van der Waals surface area contributed by atoms with Crippen LogP contribution in [-0.4, -0.2) is 4.57 Å². The second kappa shape index (κ2) is 5.51. The van der Waals surface area contributed by atoms with Crippen LogP contribution in [0, 0.1) is 0 Å². The Morgan fingerprint density at radius 3 is 2.66 bits per heavy atom. The maximum Gasteiger partial charge on any atom is 0.0578 e. The lowest BCUT2D eigenvalue weighted by Crippen LogP contribution is -2.00. The van der Waals surface area contributed by atoms with Crippen LogP contribution in [0.4, 0.5) is 0 Å². The largest absolute Gasteiger partial charge is 0.343 e. The van der Waals surface area contributed by atoms with Crippen molar-refractivity contribution in [1.82, 2.24) is 4.57 Å². The van der Waals surface area contributed by atoms with Crippen molar-refractivity contribution in [3.8, 4) is 0 Å². The van der Waals surface area contributed by atoms with Crippen LogP contribution in [0.1, 0.15) is 41.5 Å². The van der Waals surface area contributed by atoms with Crippen LogP contribution in [0.15, 0.2) is 60.2 Å². The van der Waals surface area contributed by atoms with Crippen LogP contribution in [0.5, 0.6) is 0 Å². The third-order valence-corrected chi connectivity index (χ3v) is 7.35. The summed E-state index contributed by atoms with van der Waals surface area (Å²) in [4.78, 5) is 0. The van der Waals surface area contributed by atoms with Crippen molar-refractivity contribution in [2.75, 3.05) is 0 Å².